The van der Waals surface area contributed by atoms with Crippen molar-refractivity contribution in [3.63, 3.8) is 0 Å². The summed E-state index contributed by atoms with van der Waals surface area (Å²) in [5.74, 6) is 2.60. The van der Waals surface area contributed by atoms with Gasteiger partial charge in [0.2, 0.25) is 0 Å². The molecule has 2 atom stereocenters. The lowest BCUT2D eigenvalue weighted by Gasteiger charge is -2.46. The fraction of sp³-hybridized carbons (Fsp3) is 1.00. The summed E-state index contributed by atoms with van der Waals surface area (Å²) >= 11 is 0. The highest BCUT2D eigenvalue weighted by molar-refractivity contribution is 4.89. The van der Waals surface area contributed by atoms with Crippen molar-refractivity contribution >= 4 is 0 Å². The van der Waals surface area contributed by atoms with Gasteiger partial charge in [0, 0.05) is 19.6 Å². The molecular formula is C24H50O2. The standard InChI is InChI=1S/C24H50O2/c1-10-12-13-14-15-23(25-9)22(18-26-11-2)16-17-24(19(3)4,20(5)6)21(7)8/h19-23H,10-18H2,1-9H3. The van der Waals surface area contributed by atoms with Crippen LogP contribution in [0.5, 0.6) is 0 Å². The van der Waals surface area contributed by atoms with E-state index in [-0.39, 0.29) is 0 Å². The summed E-state index contributed by atoms with van der Waals surface area (Å²) < 4.78 is 11.8. The SMILES string of the molecule is CCCCCCC(OC)C(CCC(C(C)C)(C(C)C)C(C)C)COCC. The number of rotatable bonds is 16. The number of hydrogen-bond acceptors (Lipinski definition) is 2. The second-order valence-electron chi connectivity index (χ2n) is 9.16. The molecule has 0 aromatic rings. The van der Waals surface area contributed by atoms with Gasteiger partial charge in [-0.15, -0.1) is 0 Å². The Morgan fingerprint density at radius 2 is 1.35 bits per heavy atom. The van der Waals surface area contributed by atoms with Crippen molar-refractivity contribution in [2.24, 2.45) is 29.1 Å². The lowest BCUT2D eigenvalue weighted by atomic mass is 9.59. The first-order valence-electron chi connectivity index (χ1n) is 11.4. The van der Waals surface area contributed by atoms with Gasteiger partial charge in [0.1, 0.15) is 0 Å². The van der Waals surface area contributed by atoms with E-state index in [0.29, 0.717) is 35.2 Å². The summed E-state index contributed by atoms with van der Waals surface area (Å²) in [6.45, 7) is 20.5. The molecule has 0 N–H and O–H groups in total. The third-order valence-corrected chi connectivity index (χ3v) is 6.88. The van der Waals surface area contributed by atoms with Crippen LogP contribution in [0.3, 0.4) is 0 Å². The second kappa shape index (κ2) is 14.0. The van der Waals surface area contributed by atoms with Gasteiger partial charge in [-0.1, -0.05) is 74.1 Å². The van der Waals surface area contributed by atoms with Crippen LogP contribution in [0.1, 0.15) is 100 Å². The Kier molecular flexibility index (Phi) is 14.0. The van der Waals surface area contributed by atoms with E-state index in [1.54, 1.807) is 0 Å². The predicted octanol–water partition coefficient (Wildman–Crippen LogP) is 7.36. The molecule has 0 radical (unpaired) electrons. The van der Waals surface area contributed by atoms with Gasteiger partial charge in [-0.3, -0.25) is 0 Å². The van der Waals surface area contributed by atoms with Crippen molar-refractivity contribution in [2.75, 3.05) is 20.3 Å². The maximum atomic E-state index is 5.96. The average molecular weight is 371 g/mol. The van der Waals surface area contributed by atoms with Crippen molar-refractivity contribution in [2.45, 2.75) is 106 Å². The number of hydrogen-bond donors (Lipinski definition) is 0. The molecule has 0 aromatic heterocycles. The third-order valence-electron chi connectivity index (χ3n) is 6.88. The first-order valence-corrected chi connectivity index (χ1v) is 11.4. The first-order chi connectivity index (χ1) is 12.3. The van der Waals surface area contributed by atoms with E-state index in [9.17, 15) is 0 Å². The fourth-order valence-electron chi connectivity index (χ4n) is 5.27. The molecule has 0 aromatic carbocycles. The van der Waals surface area contributed by atoms with Crippen LogP contribution in [0.25, 0.3) is 0 Å². The van der Waals surface area contributed by atoms with Gasteiger partial charge in [0.15, 0.2) is 0 Å². The Morgan fingerprint density at radius 1 is 0.769 bits per heavy atom. The molecule has 0 aliphatic carbocycles. The molecule has 0 fully saturated rings. The predicted molar refractivity (Wildman–Crippen MR) is 116 cm³/mol. The highest BCUT2D eigenvalue weighted by Gasteiger charge is 2.40. The average Bonchev–Trinajstić information content (AvgIpc) is 2.57. The molecule has 0 saturated heterocycles. The largest absolute Gasteiger partial charge is 0.381 e. The second-order valence-corrected chi connectivity index (χ2v) is 9.16. The topological polar surface area (TPSA) is 18.5 Å². The molecular weight excluding hydrogens is 320 g/mol. The van der Waals surface area contributed by atoms with Crippen LogP contribution in [0, 0.1) is 29.1 Å². The van der Waals surface area contributed by atoms with Gasteiger partial charge < -0.3 is 9.47 Å². The Morgan fingerprint density at radius 3 is 1.77 bits per heavy atom. The zero-order valence-electron chi connectivity index (χ0n) is 19.6. The monoisotopic (exact) mass is 370 g/mol. The Hall–Kier alpha value is -0.0800. The Balaban J connectivity index is 5.09. The summed E-state index contributed by atoms with van der Waals surface area (Å²) in [6.07, 6.45) is 9.22. The lowest BCUT2D eigenvalue weighted by molar-refractivity contribution is -0.0257. The molecule has 0 heterocycles. The maximum Gasteiger partial charge on any atom is 0.0621 e. The molecule has 158 valence electrons. The number of ether oxygens (including phenoxy) is 2. The van der Waals surface area contributed by atoms with Crippen LogP contribution < -0.4 is 0 Å². The van der Waals surface area contributed by atoms with Crippen LogP contribution in [0.15, 0.2) is 0 Å². The molecule has 0 amide bonds. The quantitative estimate of drug-likeness (QED) is 0.264. The zero-order valence-corrected chi connectivity index (χ0v) is 19.6. The molecule has 2 unspecified atom stereocenters. The highest BCUT2D eigenvalue weighted by Crippen LogP contribution is 2.47. The highest BCUT2D eigenvalue weighted by atomic mass is 16.5. The van der Waals surface area contributed by atoms with Crippen LogP contribution >= 0.6 is 0 Å². The van der Waals surface area contributed by atoms with Gasteiger partial charge in [-0.25, -0.2) is 0 Å². The summed E-state index contributed by atoms with van der Waals surface area (Å²) in [4.78, 5) is 0. The van der Waals surface area contributed by atoms with Crippen LogP contribution in [0.2, 0.25) is 0 Å². The van der Waals surface area contributed by atoms with Crippen molar-refractivity contribution in [1.82, 2.24) is 0 Å². The van der Waals surface area contributed by atoms with Crippen molar-refractivity contribution in [1.29, 1.82) is 0 Å². The fourth-order valence-corrected chi connectivity index (χ4v) is 5.27. The molecule has 0 aliphatic rings. The minimum atomic E-state index is 0.336. The first kappa shape index (κ1) is 25.9. The van der Waals surface area contributed by atoms with E-state index >= 15 is 0 Å². The summed E-state index contributed by atoms with van der Waals surface area (Å²) in [6, 6.07) is 0. The van der Waals surface area contributed by atoms with Gasteiger partial charge in [0.05, 0.1) is 12.7 Å². The smallest absolute Gasteiger partial charge is 0.0621 e. The molecule has 0 spiro atoms. The lowest BCUT2D eigenvalue weighted by Crippen LogP contribution is -2.40. The molecule has 0 aliphatic heterocycles. The van der Waals surface area contributed by atoms with E-state index in [0.717, 1.165) is 13.2 Å². The van der Waals surface area contributed by atoms with Gasteiger partial charge >= 0.3 is 0 Å². The molecule has 26 heavy (non-hydrogen) atoms. The maximum absolute atomic E-state index is 5.96. The summed E-state index contributed by atoms with van der Waals surface area (Å²) in [5, 5.41) is 0. The summed E-state index contributed by atoms with van der Waals surface area (Å²) in [5.41, 5.74) is 0.394. The van der Waals surface area contributed by atoms with Crippen LogP contribution in [0.4, 0.5) is 0 Å². The van der Waals surface area contributed by atoms with Crippen LogP contribution in [-0.4, -0.2) is 26.4 Å². The Bertz CT molecular complexity index is 300. The third kappa shape index (κ3) is 7.89. The molecule has 2 nitrogen and oxygen atoms in total. The summed E-state index contributed by atoms with van der Waals surface area (Å²) in [7, 11) is 1.89. The zero-order chi connectivity index (χ0) is 20.2. The van der Waals surface area contributed by atoms with Gasteiger partial charge in [-0.2, -0.15) is 0 Å². The van der Waals surface area contributed by atoms with E-state index in [1.165, 1.54) is 44.9 Å². The van der Waals surface area contributed by atoms with Crippen molar-refractivity contribution in [3.8, 4) is 0 Å². The van der Waals surface area contributed by atoms with E-state index in [4.69, 9.17) is 9.47 Å². The number of unbranched alkanes of at least 4 members (excludes halogenated alkanes) is 3. The Labute approximate surface area is 165 Å². The minimum absolute atomic E-state index is 0.336. The molecule has 0 bridgehead atoms. The number of methoxy groups -OCH3 is 1. The van der Waals surface area contributed by atoms with Crippen molar-refractivity contribution < 1.29 is 9.47 Å². The molecule has 2 heteroatoms. The van der Waals surface area contributed by atoms with Crippen LogP contribution in [-0.2, 0) is 9.47 Å². The minimum Gasteiger partial charge on any atom is -0.381 e. The molecule has 0 saturated carbocycles. The van der Waals surface area contributed by atoms with Gasteiger partial charge in [0.25, 0.3) is 0 Å². The van der Waals surface area contributed by atoms with Crippen molar-refractivity contribution in [3.05, 3.63) is 0 Å². The van der Waals surface area contributed by atoms with E-state index < -0.39 is 0 Å². The normalized spacial score (nSPS) is 15.2. The molecule has 0 rings (SSSR count). The van der Waals surface area contributed by atoms with E-state index in [2.05, 4.69) is 55.4 Å². The van der Waals surface area contributed by atoms with E-state index in [1.807, 2.05) is 7.11 Å². The van der Waals surface area contributed by atoms with Gasteiger partial charge in [-0.05, 0) is 49.4 Å².